The van der Waals surface area contributed by atoms with Crippen LogP contribution in [-0.2, 0) is 0 Å². The van der Waals surface area contributed by atoms with Crippen LogP contribution in [0.25, 0.3) is 0 Å². The summed E-state index contributed by atoms with van der Waals surface area (Å²) in [6.07, 6.45) is 0. The van der Waals surface area contributed by atoms with Gasteiger partial charge in [0.25, 0.3) is 0 Å². The summed E-state index contributed by atoms with van der Waals surface area (Å²) in [4.78, 5) is 11.0. The van der Waals surface area contributed by atoms with E-state index in [0.717, 1.165) is 11.1 Å². The Morgan fingerprint density at radius 1 is 1.27 bits per heavy atom. The van der Waals surface area contributed by atoms with Gasteiger partial charge in [-0.15, -0.1) is 0 Å². The fourth-order valence-electron chi connectivity index (χ4n) is 1.30. The van der Waals surface area contributed by atoms with E-state index in [-0.39, 0.29) is 5.97 Å². The Bertz CT molecular complexity index is 340. The SMILES string of the molecule is Cc1cc2c(C)c(c1)C(=O)O2. The van der Waals surface area contributed by atoms with Crippen molar-refractivity contribution in [1.82, 2.24) is 0 Å². The van der Waals surface area contributed by atoms with E-state index in [2.05, 4.69) is 0 Å². The zero-order chi connectivity index (χ0) is 8.01. The molecule has 0 fully saturated rings. The maximum atomic E-state index is 11.0. The fourth-order valence-corrected chi connectivity index (χ4v) is 1.30. The van der Waals surface area contributed by atoms with Gasteiger partial charge in [0.2, 0.25) is 0 Å². The number of hydrogen-bond donors (Lipinski definition) is 0. The van der Waals surface area contributed by atoms with Gasteiger partial charge in [0.05, 0.1) is 5.56 Å². The highest BCUT2D eigenvalue weighted by Gasteiger charge is 2.23. The molecule has 0 unspecified atom stereocenters. The van der Waals surface area contributed by atoms with Crippen molar-refractivity contribution in [3.63, 3.8) is 0 Å². The molecule has 0 spiro atoms. The maximum absolute atomic E-state index is 11.0. The first-order chi connectivity index (χ1) is 5.18. The summed E-state index contributed by atoms with van der Waals surface area (Å²) < 4.78 is 4.96. The molecule has 0 aliphatic carbocycles. The first-order valence-electron chi connectivity index (χ1n) is 3.52. The first-order valence-corrected chi connectivity index (χ1v) is 3.52. The second kappa shape index (κ2) is 1.84. The summed E-state index contributed by atoms with van der Waals surface area (Å²) in [5, 5.41) is 0. The monoisotopic (exact) mass is 148 g/mol. The zero-order valence-electron chi connectivity index (χ0n) is 6.47. The van der Waals surface area contributed by atoms with Crippen molar-refractivity contribution in [2.24, 2.45) is 0 Å². The summed E-state index contributed by atoms with van der Waals surface area (Å²) in [5.41, 5.74) is 2.74. The van der Waals surface area contributed by atoms with Crippen molar-refractivity contribution >= 4 is 5.97 Å². The van der Waals surface area contributed by atoms with E-state index < -0.39 is 0 Å². The minimum Gasteiger partial charge on any atom is -0.423 e. The van der Waals surface area contributed by atoms with Crippen LogP contribution in [0.4, 0.5) is 0 Å². The third-order valence-corrected chi connectivity index (χ3v) is 1.93. The van der Waals surface area contributed by atoms with Gasteiger partial charge in [-0.1, -0.05) is 0 Å². The standard InChI is InChI=1S/C9H8O2/c1-5-3-7-6(2)8(4-5)11-9(7)10/h3-4H,1-2H3. The predicted octanol–water partition coefficient (Wildman–Crippen LogP) is 1.84. The van der Waals surface area contributed by atoms with E-state index in [1.165, 1.54) is 0 Å². The fraction of sp³-hybridized carbons (Fsp3) is 0.222. The number of fused-ring (bicyclic) bond motifs is 2. The number of esters is 1. The molecule has 0 N–H and O–H groups in total. The molecule has 1 aliphatic rings. The summed E-state index contributed by atoms with van der Waals surface area (Å²) in [5.74, 6) is 0.496. The maximum Gasteiger partial charge on any atom is 0.343 e. The normalized spacial score (nSPS) is 13.5. The second-order valence-corrected chi connectivity index (χ2v) is 2.83. The van der Waals surface area contributed by atoms with E-state index in [0.29, 0.717) is 11.3 Å². The molecule has 0 atom stereocenters. The average Bonchev–Trinajstić information content (AvgIpc) is 2.17. The van der Waals surface area contributed by atoms with Crippen LogP contribution >= 0.6 is 0 Å². The van der Waals surface area contributed by atoms with Crippen molar-refractivity contribution in [2.75, 3.05) is 0 Å². The van der Waals surface area contributed by atoms with Gasteiger partial charge in [0, 0.05) is 5.56 Å². The van der Waals surface area contributed by atoms with Crippen LogP contribution in [0.1, 0.15) is 21.5 Å². The van der Waals surface area contributed by atoms with Crippen LogP contribution < -0.4 is 4.74 Å². The molecule has 56 valence electrons. The number of rotatable bonds is 0. The Morgan fingerprint density at radius 2 is 2.00 bits per heavy atom. The Kier molecular flexibility index (Phi) is 1.07. The van der Waals surface area contributed by atoms with Crippen LogP contribution in [0, 0.1) is 13.8 Å². The van der Waals surface area contributed by atoms with Crippen molar-refractivity contribution in [1.29, 1.82) is 0 Å². The van der Waals surface area contributed by atoms with E-state index in [1.807, 2.05) is 26.0 Å². The third-order valence-electron chi connectivity index (χ3n) is 1.93. The smallest absolute Gasteiger partial charge is 0.343 e. The van der Waals surface area contributed by atoms with Crippen molar-refractivity contribution < 1.29 is 9.53 Å². The van der Waals surface area contributed by atoms with Gasteiger partial charge in [-0.3, -0.25) is 0 Å². The molecule has 0 amide bonds. The Morgan fingerprint density at radius 3 is 2.64 bits per heavy atom. The Balaban J connectivity index is 2.75. The predicted molar refractivity (Wildman–Crippen MR) is 40.9 cm³/mol. The van der Waals surface area contributed by atoms with Gasteiger partial charge in [-0.05, 0) is 31.5 Å². The third kappa shape index (κ3) is 0.755. The quantitative estimate of drug-likeness (QED) is 0.525. The number of ether oxygens (including phenoxy) is 1. The molecule has 1 aromatic rings. The van der Waals surface area contributed by atoms with Gasteiger partial charge in [0.15, 0.2) is 0 Å². The number of carbonyl (C=O) groups is 1. The van der Waals surface area contributed by atoms with E-state index in [4.69, 9.17) is 4.74 Å². The van der Waals surface area contributed by atoms with E-state index in [9.17, 15) is 4.79 Å². The van der Waals surface area contributed by atoms with Crippen LogP contribution in [0.5, 0.6) is 5.75 Å². The first kappa shape index (κ1) is 6.40. The lowest BCUT2D eigenvalue weighted by atomic mass is 10.1. The molecule has 0 aromatic heterocycles. The highest BCUT2D eigenvalue weighted by molar-refractivity contribution is 5.97. The highest BCUT2D eigenvalue weighted by Crippen LogP contribution is 2.30. The topological polar surface area (TPSA) is 26.3 Å². The lowest BCUT2D eigenvalue weighted by Gasteiger charge is -1.94. The summed E-state index contributed by atoms with van der Waals surface area (Å²) >= 11 is 0. The lowest BCUT2D eigenvalue weighted by molar-refractivity contribution is 0.0755. The van der Waals surface area contributed by atoms with Gasteiger partial charge in [-0.25, -0.2) is 4.79 Å². The minimum absolute atomic E-state index is 0.217. The van der Waals surface area contributed by atoms with Crippen molar-refractivity contribution in [2.45, 2.75) is 13.8 Å². The Hall–Kier alpha value is -1.31. The molecule has 11 heavy (non-hydrogen) atoms. The number of benzene rings is 1. The number of aryl methyl sites for hydroxylation is 1. The van der Waals surface area contributed by atoms with Gasteiger partial charge in [-0.2, -0.15) is 0 Å². The molecule has 2 rings (SSSR count). The van der Waals surface area contributed by atoms with Crippen LogP contribution in [0.2, 0.25) is 0 Å². The van der Waals surface area contributed by atoms with Crippen LogP contribution in [0.15, 0.2) is 12.1 Å². The summed E-state index contributed by atoms with van der Waals surface area (Å²) in [6.45, 7) is 3.85. The van der Waals surface area contributed by atoms with Crippen molar-refractivity contribution in [3.05, 3.63) is 28.8 Å². The molecule has 2 bridgehead atoms. The summed E-state index contributed by atoms with van der Waals surface area (Å²) in [6, 6.07) is 3.73. The average molecular weight is 148 g/mol. The molecule has 2 heteroatoms. The molecule has 0 saturated carbocycles. The molecule has 1 aromatic carbocycles. The van der Waals surface area contributed by atoms with Gasteiger partial charge < -0.3 is 4.74 Å². The number of carbonyl (C=O) groups excluding carboxylic acids is 1. The van der Waals surface area contributed by atoms with Crippen LogP contribution in [0.3, 0.4) is 0 Å². The number of hydrogen-bond acceptors (Lipinski definition) is 2. The van der Waals surface area contributed by atoms with E-state index >= 15 is 0 Å². The largest absolute Gasteiger partial charge is 0.423 e. The second-order valence-electron chi connectivity index (χ2n) is 2.83. The molecular formula is C9H8O2. The minimum atomic E-state index is -0.217. The molecular weight excluding hydrogens is 140 g/mol. The molecule has 1 heterocycles. The highest BCUT2D eigenvalue weighted by atomic mass is 16.5. The molecule has 0 radical (unpaired) electrons. The van der Waals surface area contributed by atoms with Gasteiger partial charge >= 0.3 is 5.97 Å². The van der Waals surface area contributed by atoms with Gasteiger partial charge in [0.1, 0.15) is 5.75 Å². The van der Waals surface area contributed by atoms with E-state index in [1.54, 1.807) is 0 Å². The molecule has 0 saturated heterocycles. The lowest BCUT2D eigenvalue weighted by Crippen LogP contribution is -1.99. The Labute approximate surface area is 64.8 Å². The molecule has 2 nitrogen and oxygen atoms in total. The van der Waals surface area contributed by atoms with Crippen molar-refractivity contribution in [3.8, 4) is 5.75 Å². The zero-order valence-corrected chi connectivity index (χ0v) is 6.47. The molecule has 1 aliphatic heterocycles. The van der Waals surface area contributed by atoms with Crippen LogP contribution in [-0.4, -0.2) is 5.97 Å². The summed E-state index contributed by atoms with van der Waals surface area (Å²) in [7, 11) is 0.